The zero-order valence-electron chi connectivity index (χ0n) is 7.40. The van der Waals surface area contributed by atoms with Crippen LogP contribution in [0.15, 0.2) is 18.2 Å². The molecule has 0 nitrogen and oxygen atoms in total. The van der Waals surface area contributed by atoms with Gasteiger partial charge in [-0.2, -0.15) is 0 Å². The summed E-state index contributed by atoms with van der Waals surface area (Å²) >= 11 is 11.6. The third-order valence-corrected chi connectivity index (χ3v) is 2.27. The van der Waals surface area contributed by atoms with E-state index in [0.29, 0.717) is 10.0 Å². The molecule has 0 spiro atoms. The molecule has 0 heterocycles. The van der Waals surface area contributed by atoms with Crippen LogP contribution in [0.1, 0.15) is 25.3 Å². The quantitative estimate of drug-likeness (QED) is 0.615. The second-order valence-electron chi connectivity index (χ2n) is 2.68. The first-order chi connectivity index (χ1) is 6.24. The molecule has 0 saturated carbocycles. The molecular weight excluding hydrogens is 203 g/mol. The monoisotopic (exact) mass is 212 g/mol. The Bertz CT molecular complexity index is 345. The molecular formula is C11H10Cl2. The Balaban J connectivity index is 2.81. The summed E-state index contributed by atoms with van der Waals surface area (Å²) < 4.78 is 0. The number of hydrogen-bond acceptors (Lipinski definition) is 0. The van der Waals surface area contributed by atoms with Gasteiger partial charge in [0.1, 0.15) is 0 Å². The van der Waals surface area contributed by atoms with Gasteiger partial charge in [0.2, 0.25) is 0 Å². The fourth-order valence-corrected chi connectivity index (χ4v) is 1.16. The highest BCUT2D eigenvalue weighted by atomic mass is 35.5. The van der Waals surface area contributed by atoms with Gasteiger partial charge in [0, 0.05) is 12.0 Å². The fourth-order valence-electron chi connectivity index (χ4n) is 0.863. The van der Waals surface area contributed by atoms with Crippen molar-refractivity contribution < 1.29 is 0 Å². The molecule has 1 rings (SSSR count). The van der Waals surface area contributed by atoms with Crippen LogP contribution in [0.3, 0.4) is 0 Å². The Morgan fingerprint density at radius 1 is 1.23 bits per heavy atom. The molecule has 0 aliphatic carbocycles. The molecule has 0 bridgehead atoms. The summed E-state index contributed by atoms with van der Waals surface area (Å²) in [4.78, 5) is 0. The van der Waals surface area contributed by atoms with E-state index in [1.165, 1.54) is 0 Å². The molecule has 1 aromatic carbocycles. The lowest BCUT2D eigenvalue weighted by atomic mass is 10.2. The van der Waals surface area contributed by atoms with Gasteiger partial charge in [-0.25, -0.2) is 0 Å². The van der Waals surface area contributed by atoms with Gasteiger partial charge in [0.15, 0.2) is 0 Å². The van der Waals surface area contributed by atoms with Crippen molar-refractivity contribution in [3.05, 3.63) is 33.8 Å². The van der Waals surface area contributed by atoms with Crippen molar-refractivity contribution in [3.63, 3.8) is 0 Å². The lowest BCUT2D eigenvalue weighted by Crippen LogP contribution is -1.75. The number of halogens is 2. The number of unbranched alkanes of at least 4 members (excludes halogenated alkanes) is 1. The van der Waals surface area contributed by atoms with E-state index >= 15 is 0 Å². The average Bonchev–Trinajstić information content (AvgIpc) is 2.12. The van der Waals surface area contributed by atoms with Crippen LogP contribution in [0.2, 0.25) is 10.0 Å². The highest BCUT2D eigenvalue weighted by Gasteiger charge is 1.95. The van der Waals surface area contributed by atoms with Crippen LogP contribution < -0.4 is 0 Å². The minimum absolute atomic E-state index is 0.560. The molecule has 0 aromatic heterocycles. The lowest BCUT2D eigenvalue weighted by molar-refractivity contribution is 0.983. The third kappa shape index (κ3) is 3.30. The van der Waals surface area contributed by atoms with Crippen molar-refractivity contribution in [1.82, 2.24) is 0 Å². The predicted octanol–water partition coefficient (Wildman–Crippen LogP) is 4.15. The SMILES string of the molecule is CCCC#Cc1ccc(Cl)c(Cl)c1. The molecule has 0 unspecified atom stereocenters. The third-order valence-electron chi connectivity index (χ3n) is 1.53. The van der Waals surface area contributed by atoms with Gasteiger partial charge in [-0.05, 0) is 24.6 Å². The van der Waals surface area contributed by atoms with E-state index in [1.54, 1.807) is 12.1 Å². The van der Waals surface area contributed by atoms with Crippen molar-refractivity contribution in [3.8, 4) is 11.8 Å². The first-order valence-corrected chi connectivity index (χ1v) is 4.93. The van der Waals surface area contributed by atoms with Crippen molar-refractivity contribution in [2.24, 2.45) is 0 Å². The maximum atomic E-state index is 5.83. The van der Waals surface area contributed by atoms with Gasteiger partial charge in [0.25, 0.3) is 0 Å². The van der Waals surface area contributed by atoms with E-state index in [4.69, 9.17) is 23.2 Å². The molecule has 0 saturated heterocycles. The highest BCUT2D eigenvalue weighted by Crippen LogP contribution is 2.21. The smallest absolute Gasteiger partial charge is 0.0604 e. The second-order valence-corrected chi connectivity index (χ2v) is 3.50. The topological polar surface area (TPSA) is 0 Å². The largest absolute Gasteiger partial charge is 0.0979 e. The second kappa shape index (κ2) is 5.17. The van der Waals surface area contributed by atoms with Crippen LogP contribution in [0.5, 0.6) is 0 Å². The molecule has 0 N–H and O–H groups in total. The number of rotatable bonds is 1. The van der Waals surface area contributed by atoms with Gasteiger partial charge in [-0.15, -0.1) is 0 Å². The van der Waals surface area contributed by atoms with E-state index in [9.17, 15) is 0 Å². The minimum atomic E-state index is 0.560. The van der Waals surface area contributed by atoms with Crippen LogP contribution in [0.25, 0.3) is 0 Å². The summed E-state index contributed by atoms with van der Waals surface area (Å²) in [6.45, 7) is 2.10. The van der Waals surface area contributed by atoms with Gasteiger partial charge in [-0.3, -0.25) is 0 Å². The Labute approximate surface area is 88.9 Å². The number of hydrogen-bond donors (Lipinski definition) is 0. The van der Waals surface area contributed by atoms with E-state index in [1.807, 2.05) is 6.07 Å². The predicted molar refractivity (Wildman–Crippen MR) is 58.2 cm³/mol. The standard InChI is InChI=1S/C11H10Cl2/c1-2-3-4-5-9-6-7-10(12)11(13)8-9/h6-8H,2-3H2,1H3. The molecule has 0 aliphatic heterocycles. The molecule has 0 fully saturated rings. The molecule has 0 amide bonds. The summed E-state index contributed by atoms with van der Waals surface area (Å²) in [5.74, 6) is 6.07. The first kappa shape index (κ1) is 10.4. The lowest BCUT2D eigenvalue weighted by Gasteiger charge is -1.94. The van der Waals surface area contributed by atoms with Crippen LogP contribution in [-0.4, -0.2) is 0 Å². The van der Waals surface area contributed by atoms with Gasteiger partial charge >= 0.3 is 0 Å². The van der Waals surface area contributed by atoms with Crippen molar-refractivity contribution >= 4 is 23.2 Å². The Kier molecular flexibility index (Phi) is 4.15. The normalized spacial score (nSPS) is 9.15. The maximum Gasteiger partial charge on any atom is 0.0604 e. The van der Waals surface area contributed by atoms with Crippen LogP contribution in [-0.2, 0) is 0 Å². The van der Waals surface area contributed by atoms with Crippen molar-refractivity contribution in [2.45, 2.75) is 19.8 Å². The fraction of sp³-hybridized carbons (Fsp3) is 0.273. The van der Waals surface area contributed by atoms with E-state index < -0.39 is 0 Å². The summed E-state index contributed by atoms with van der Waals surface area (Å²) in [5.41, 5.74) is 0.919. The molecule has 2 heteroatoms. The summed E-state index contributed by atoms with van der Waals surface area (Å²) in [7, 11) is 0. The molecule has 0 aliphatic rings. The Morgan fingerprint density at radius 2 is 2.00 bits per heavy atom. The van der Waals surface area contributed by atoms with E-state index in [-0.39, 0.29) is 0 Å². The first-order valence-electron chi connectivity index (χ1n) is 4.18. The van der Waals surface area contributed by atoms with Crippen molar-refractivity contribution in [1.29, 1.82) is 0 Å². The van der Waals surface area contributed by atoms with Gasteiger partial charge in [-0.1, -0.05) is 42.0 Å². The van der Waals surface area contributed by atoms with Gasteiger partial charge < -0.3 is 0 Å². The maximum absolute atomic E-state index is 5.83. The summed E-state index contributed by atoms with van der Waals surface area (Å²) in [5, 5.41) is 1.13. The van der Waals surface area contributed by atoms with Crippen LogP contribution in [0.4, 0.5) is 0 Å². The summed E-state index contributed by atoms with van der Waals surface area (Å²) in [6, 6.07) is 5.42. The van der Waals surface area contributed by atoms with Crippen LogP contribution >= 0.6 is 23.2 Å². The molecule has 0 radical (unpaired) electrons. The van der Waals surface area contributed by atoms with Crippen LogP contribution in [0, 0.1) is 11.8 Å². The molecule has 1 aromatic rings. The zero-order chi connectivity index (χ0) is 9.68. The molecule has 0 atom stereocenters. The number of benzene rings is 1. The van der Waals surface area contributed by atoms with E-state index in [2.05, 4.69) is 18.8 Å². The molecule has 68 valence electrons. The average molecular weight is 213 g/mol. The zero-order valence-corrected chi connectivity index (χ0v) is 8.91. The van der Waals surface area contributed by atoms with E-state index in [0.717, 1.165) is 18.4 Å². The summed E-state index contributed by atoms with van der Waals surface area (Å²) in [6.07, 6.45) is 1.99. The highest BCUT2D eigenvalue weighted by molar-refractivity contribution is 6.42. The van der Waals surface area contributed by atoms with Crippen molar-refractivity contribution in [2.75, 3.05) is 0 Å². The molecule has 13 heavy (non-hydrogen) atoms. The minimum Gasteiger partial charge on any atom is -0.0979 e. The Morgan fingerprint density at radius 3 is 2.62 bits per heavy atom. The van der Waals surface area contributed by atoms with Gasteiger partial charge in [0.05, 0.1) is 10.0 Å². The Hall–Kier alpha value is -0.640.